The Bertz CT molecular complexity index is 884. The predicted molar refractivity (Wildman–Crippen MR) is 106 cm³/mol. The van der Waals surface area contributed by atoms with Crippen LogP contribution in [-0.2, 0) is 11.0 Å². The SMILES string of the molecule is Cc1cc(OCP(=O)(O)O)cc2c1C(c1ccc(O)c(C(C)C)c1)CCC2. The molecule has 5 nitrogen and oxygen atoms in total. The lowest BCUT2D eigenvalue weighted by Gasteiger charge is -2.29. The van der Waals surface area contributed by atoms with Gasteiger partial charge in [0, 0.05) is 5.92 Å². The van der Waals surface area contributed by atoms with Gasteiger partial charge in [0.2, 0.25) is 0 Å². The van der Waals surface area contributed by atoms with Crippen LogP contribution in [0.15, 0.2) is 30.3 Å². The van der Waals surface area contributed by atoms with Crippen LogP contribution in [0.1, 0.15) is 66.3 Å². The zero-order valence-corrected chi connectivity index (χ0v) is 16.9. The van der Waals surface area contributed by atoms with Gasteiger partial charge in [-0.15, -0.1) is 0 Å². The second kappa shape index (κ2) is 7.67. The van der Waals surface area contributed by atoms with E-state index in [1.165, 1.54) is 16.7 Å². The van der Waals surface area contributed by atoms with E-state index in [1.54, 1.807) is 6.07 Å². The molecule has 3 N–H and O–H groups in total. The summed E-state index contributed by atoms with van der Waals surface area (Å²) < 4.78 is 16.4. The van der Waals surface area contributed by atoms with Gasteiger partial charge >= 0.3 is 7.60 Å². The fourth-order valence-electron chi connectivity index (χ4n) is 4.01. The molecule has 27 heavy (non-hydrogen) atoms. The first-order valence-electron chi connectivity index (χ1n) is 9.29. The highest BCUT2D eigenvalue weighted by molar-refractivity contribution is 7.51. The van der Waals surface area contributed by atoms with E-state index in [1.807, 2.05) is 25.1 Å². The minimum absolute atomic E-state index is 0.248. The third-order valence-electron chi connectivity index (χ3n) is 5.21. The molecule has 0 saturated heterocycles. The molecule has 0 heterocycles. The van der Waals surface area contributed by atoms with Crippen LogP contribution in [-0.4, -0.2) is 21.2 Å². The van der Waals surface area contributed by atoms with Crippen molar-refractivity contribution in [2.24, 2.45) is 0 Å². The molecule has 1 unspecified atom stereocenters. The number of phenols is 1. The number of ether oxygens (including phenoxy) is 1. The molecule has 146 valence electrons. The van der Waals surface area contributed by atoms with Gasteiger partial charge in [-0.25, -0.2) is 0 Å². The largest absolute Gasteiger partial charge is 0.508 e. The first-order chi connectivity index (χ1) is 12.7. The lowest BCUT2D eigenvalue weighted by atomic mass is 9.76. The summed E-state index contributed by atoms with van der Waals surface area (Å²) in [6, 6.07) is 9.66. The van der Waals surface area contributed by atoms with Gasteiger partial charge in [-0.1, -0.05) is 26.0 Å². The van der Waals surface area contributed by atoms with E-state index in [2.05, 4.69) is 19.9 Å². The maximum atomic E-state index is 11.1. The highest BCUT2D eigenvalue weighted by Gasteiger charge is 2.26. The van der Waals surface area contributed by atoms with Crippen molar-refractivity contribution >= 4 is 7.60 Å². The van der Waals surface area contributed by atoms with Gasteiger partial charge in [0.25, 0.3) is 0 Å². The van der Waals surface area contributed by atoms with Crippen molar-refractivity contribution in [3.63, 3.8) is 0 Å². The molecule has 1 aliphatic rings. The summed E-state index contributed by atoms with van der Waals surface area (Å²) in [6.45, 7) is 6.17. The van der Waals surface area contributed by atoms with Crippen molar-refractivity contribution < 1.29 is 24.2 Å². The second-order valence-corrected chi connectivity index (χ2v) is 9.26. The third kappa shape index (κ3) is 4.55. The Kier molecular flexibility index (Phi) is 5.66. The van der Waals surface area contributed by atoms with Crippen LogP contribution < -0.4 is 4.74 Å². The third-order valence-corrected chi connectivity index (χ3v) is 5.67. The van der Waals surface area contributed by atoms with Gasteiger partial charge in [-0.2, -0.15) is 0 Å². The van der Waals surface area contributed by atoms with Crippen LogP contribution in [0.3, 0.4) is 0 Å². The van der Waals surface area contributed by atoms with Crippen molar-refractivity contribution in [2.45, 2.75) is 51.9 Å². The van der Waals surface area contributed by atoms with Crippen LogP contribution >= 0.6 is 7.60 Å². The number of hydrogen-bond acceptors (Lipinski definition) is 3. The molecule has 0 aliphatic heterocycles. The Hall–Kier alpha value is -1.81. The zero-order chi connectivity index (χ0) is 19.8. The number of fused-ring (bicyclic) bond motifs is 1. The highest BCUT2D eigenvalue weighted by Crippen LogP contribution is 2.42. The molecule has 2 aromatic carbocycles. The van der Waals surface area contributed by atoms with Gasteiger partial charge in [0.05, 0.1) is 0 Å². The lowest BCUT2D eigenvalue weighted by Crippen LogP contribution is -2.14. The summed E-state index contributed by atoms with van der Waals surface area (Å²) in [5.74, 6) is 1.34. The molecule has 0 bridgehead atoms. The van der Waals surface area contributed by atoms with E-state index in [0.717, 1.165) is 30.4 Å². The van der Waals surface area contributed by atoms with Gasteiger partial charge in [0.1, 0.15) is 11.5 Å². The molecular formula is C21H27O5P. The van der Waals surface area contributed by atoms with Crippen LogP contribution in [0.4, 0.5) is 0 Å². The number of benzene rings is 2. The molecule has 3 rings (SSSR count). The van der Waals surface area contributed by atoms with E-state index >= 15 is 0 Å². The number of aryl methyl sites for hydroxylation is 2. The number of rotatable bonds is 5. The first kappa shape index (κ1) is 19.9. The highest BCUT2D eigenvalue weighted by atomic mass is 31.2. The average molecular weight is 390 g/mol. The maximum Gasteiger partial charge on any atom is 0.362 e. The second-order valence-electron chi connectivity index (χ2n) is 7.67. The summed E-state index contributed by atoms with van der Waals surface area (Å²) in [5.41, 5.74) is 5.66. The van der Waals surface area contributed by atoms with Crippen molar-refractivity contribution in [2.75, 3.05) is 6.35 Å². The molecule has 0 spiro atoms. The van der Waals surface area contributed by atoms with E-state index in [9.17, 15) is 9.67 Å². The minimum Gasteiger partial charge on any atom is -0.508 e. The van der Waals surface area contributed by atoms with Crippen LogP contribution in [0.5, 0.6) is 11.5 Å². The Morgan fingerprint density at radius 3 is 2.63 bits per heavy atom. The molecule has 1 atom stereocenters. The summed E-state index contributed by atoms with van der Waals surface area (Å²) in [6.07, 6.45) is 2.40. The smallest absolute Gasteiger partial charge is 0.362 e. The molecule has 1 aliphatic carbocycles. The Morgan fingerprint density at radius 2 is 1.96 bits per heavy atom. The van der Waals surface area contributed by atoms with Crippen LogP contribution in [0.2, 0.25) is 0 Å². The molecule has 0 fully saturated rings. The zero-order valence-electron chi connectivity index (χ0n) is 16.0. The van der Waals surface area contributed by atoms with E-state index in [-0.39, 0.29) is 11.8 Å². The summed E-state index contributed by atoms with van der Waals surface area (Å²) in [4.78, 5) is 18.1. The van der Waals surface area contributed by atoms with E-state index in [0.29, 0.717) is 11.5 Å². The normalized spacial score (nSPS) is 17.0. The number of phenolic OH excluding ortho intramolecular Hbond substituents is 1. The standard InChI is InChI=1S/C21H27O5P/c1-13(2)19-11-15(7-8-20(19)22)18-6-4-5-16-10-17(9-14(3)21(16)18)26-12-27(23,24)25/h7-11,13,18,22H,4-6,12H2,1-3H3,(H2,23,24,25). The average Bonchev–Trinajstić information content (AvgIpc) is 2.59. The summed E-state index contributed by atoms with van der Waals surface area (Å²) in [7, 11) is -4.20. The molecule has 0 saturated carbocycles. The Labute approximate surface area is 160 Å². The Balaban J connectivity index is 1.97. The van der Waals surface area contributed by atoms with Crippen LogP contribution in [0, 0.1) is 6.92 Å². The number of hydrogen-bond donors (Lipinski definition) is 3. The summed E-state index contributed by atoms with van der Waals surface area (Å²) in [5, 5.41) is 10.1. The van der Waals surface area contributed by atoms with Crippen molar-refractivity contribution in [3.8, 4) is 11.5 Å². The molecule has 0 amide bonds. The van der Waals surface area contributed by atoms with E-state index < -0.39 is 13.9 Å². The lowest BCUT2D eigenvalue weighted by molar-refractivity contribution is 0.300. The van der Waals surface area contributed by atoms with Crippen molar-refractivity contribution in [1.82, 2.24) is 0 Å². The monoisotopic (exact) mass is 390 g/mol. The number of aromatic hydroxyl groups is 1. The van der Waals surface area contributed by atoms with Gasteiger partial charge < -0.3 is 19.6 Å². The minimum atomic E-state index is -4.20. The fourth-order valence-corrected chi connectivity index (χ4v) is 4.33. The van der Waals surface area contributed by atoms with Gasteiger partial charge in [-0.05, 0) is 78.1 Å². The van der Waals surface area contributed by atoms with Crippen LogP contribution in [0.25, 0.3) is 0 Å². The van der Waals surface area contributed by atoms with E-state index in [4.69, 9.17) is 14.5 Å². The molecule has 0 aromatic heterocycles. The topological polar surface area (TPSA) is 87.0 Å². The van der Waals surface area contributed by atoms with Gasteiger partial charge in [-0.3, -0.25) is 4.57 Å². The molecule has 6 heteroatoms. The molecular weight excluding hydrogens is 363 g/mol. The van der Waals surface area contributed by atoms with Gasteiger partial charge in [0.15, 0.2) is 6.35 Å². The van der Waals surface area contributed by atoms with Crippen molar-refractivity contribution in [1.29, 1.82) is 0 Å². The molecule has 0 radical (unpaired) electrons. The maximum absolute atomic E-state index is 11.1. The predicted octanol–water partition coefficient (Wildman–Crippen LogP) is 4.81. The first-order valence-corrected chi connectivity index (χ1v) is 11.1. The van der Waals surface area contributed by atoms with Crippen molar-refractivity contribution in [3.05, 3.63) is 58.1 Å². The summed E-state index contributed by atoms with van der Waals surface area (Å²) >= 11 is 0. The fraction of sp³-hybridized carbons (Fsp3) is 0.429. The molecule has 2 aromatic rings. The Morgan fingerprint density at radius 1 is 1.22 bits per heavy atom. The quantitative estimate of drug-likeness (QED) is 0.638.